The monoisotopic (exact) mass is 303 g/mol. The maximum absolute atomic E-state index is 12.3. The topological polar surface area (TPSA) is 85.1 Å². The summed E-state index contributed by atoms with van der Waals surface area (Å²) in [5.41, 5.74) is 6.04. The zero-order chi connectivity index (χ0) is 14.0. The molecule has 0 atom stereocenters. The zero-order valence-corrected chi connectivity index (χ0v) is 13.0. The van der Waals surface area contributed by atoms with Gasteiger partial charge in [0, 0.05) is 6.04 Å². The Morgan fingerprint density at radius 3 is 2.47 bits per heavy atom. The maximum Gasteiger partial charge on any atom is 0.252 e. The lowest BCUT2D eigenvalue weighted by molar-refractivity contribution is 0.306. The van der Waals surface area contributed by atoms with Crippen LogP contribution in [0.4, 0.5) is 5.13 Å². The predicted molar refractivity (Wildman–Crippen MR) is 77.6 cm³/mol. The number of hydrogen-bond donors (Lipinski definition) is 2. The van der Waals surface area contributed by atoms with Gasteiger partial charge >= 0.3 is 0 Å². The van der Waals surface area contributed by atoms with Gasteiger partial charge in [-0.3, -0.25) is 0 Å². The number of anilines is 1. The van der Waals surface area contributed by atoms with Gasteiger partial charge in [0.05, 0.1) is 5.69 Å². The Bertz CT molecular complexity index is 531. The van der Waals surface area contributed by atoms with Crippen LogP contribution in [-0.4, -0.2) is 19.4 Å². The minimum absolute atomic E-state index is 0.0514. The van der Waals surface area contributed by atoms with Crippen LogP contribution in [0.25, 0.3) is 0 Å². The Kier molecular flexibility index (Phi) is 4.47. The summed E-state index contributed by atoms with van der Waals surface area (Å²) in [4.78, 5) is 3.97. The second-order valence-corrected chi connectivity index (χ2v) is 8.11. The van der Waals surface area contributed by atoms with Crippen molar-refractivity contribution in [3.63, 3.8) is 0 Å². The molecule has 0 aliphatic heterocycles. The van der Waals surface area contributed by atoms with Crippen LogP contribution in [0.15, 0.2) is 4.21 Å². The zero-order valence-electron chi connectivity index (χ0n) is 11.3. The standard InChI is InChI=1S/C12H21N3O2S2/c1-3-9-4-6-10(7-5-9)15-19(16,17)11-8(2)14-12(13)18-11/h9-10,15H,3-7H2,1-2H3,(H2,13,14). The van der Waals surface area contributed by atoms with E-state index in [9.17, 15) is 8.42 Å². The highest BCUT2D eigenvalue weighted by Crippen LogP contribution is 2.29. The van der Waals surface area contributed by atoms with Crippen molar-refractivity contribution in [1.82, 2.24) is 9.71 Å². The summed E-state index contributed by atoms with van der Waals surface area (Å²) in [5, 5.41) is 0.299. The molecule has 3 N–H and O–H groups in total. The van der Waals surface area contributed by atoms with E-state index in [2.05, 4.69) is 16.6 Å². The first-order valence-electron chi connectivity index (χ1n) is 6.67. The van der Waals surface area contributed by atoms with Gasteiger partial charge in [0.15, 0.2) is 9.34 Å². The van der Waals surface area contributed by atoms with Crippen molar-refractivity contribution in [2.75, 3.05) is 5.73 Å². The van der Waals surface area contributed by atoms with Gasteiger partial charge in [-0.2, -0.15) is 0 Å². The highest BCUT2D eigenvalue weighted by Gasteiger charge is 2.27. The van der Waals surface area contributed by atoms with Crippen LogP contribution in [0.3, 0.4) is 0 Å². The molecule has 1 aromatic heterocycles. The molecular weight excluding hydrogens is 282 g/mol. The van der Waals surface area contributed by atoms with Crippen LogP contribution in [0, 0.1) is 12.8 Å². The summed E-state index contributed by atoms with van der Waals surface area (Å²) in [6.45, 7) is 3.87. The molecule has 1 heterocycles. The fourth-order valence-electron chi connectivity index (χ4n) is 2.61. The van der Waals surface area contributed by atoms with Gasteiger partial charge in [-0.15, -0.1) is 0 Å². The van der Waals surface area contributed by atoms with Crippen molar-refractivity contribution in [1.29, 1.82) is 0 Å². The molecule has 0 bridgehead atoms. The van der Waals surface area contributed by atoms with Gasteiger partial charge < -0.3 is 5.73 Å². The molecule has 1 saturated carbocycles. The molecule has 108 valence electrons. The van der Waals surface area contributed by atoms with E-state index in [0.29, 0.717) is 10.8 Å². The number of hydrogen-bond acceptors (Lipinski definition) is 5. The Morgan fingerprint density at radius 1 is 1.37 bits per heavy atom. The fourth-order valence-corrected chi connectivity index (χ4v) is 5.23. The molecule has 0 radical (unpaired) electrons. The highest BCUT2D eigenvalue weighted by molar-refractivity contribution is 7.91. The normalized spacial score (nSPS) is 24.5. The summed E-state index contributed by atoms with van der Waals surface area (Å²) in [7, 11) is -3.47. The number of aryl methyl sites for hydroxylation is 1. The van der Waals surface area contributed by atoms with Crippen molar-refractivity contribution in [3.05, 3.63) is 5.69 Å². The average molecular weight is 303 g/mol. The fraction of sp³-hybridized carbons (Fsp3) is 0.750. The quantitative estimate of drug-likeness (QED) is 0.893. The van der Waals surface area contributed by atoms with Crippen molar-refractivity contribution in [2.24, 2.45) is 5.92 Å². The van der Waals surface area contributed by atoms with Crippen LogP contribution < -0.4 is 10.5 Å². The van der Waals surface area contributed by atoms with Crippen LogP contribution in [0.1, 0.15) is 44.7 Å². The first-order valence-corrected chi connectivity index (χ1v) is 8.97. The molecule has 1 fully saturated rings. The minimum atomic E-state index is -3.47. The van der Waals surface area contributed by atoms with Crippen LogP contribution >= 0.6 is 11.3 Å². The number of nitrogens with two attached hydrogens (primary N) is 1. The number of nitrogen functional groups attached to an aromatic ring is 1. The van der Waals surface area contributed by atoms with Gasteiger partial charge in [-0.1, -0.05) is 24.7 Å². The summed E-state index contributed by atoms with van der Waals surface area (Å²) in [6.07, 6.45) is 5.24. The van der Waals surface area contributed by atoms with Crippen molar-refractivity contribution < 1.29 is 8.42 Å². The average Bonchev–Trinajstić information content (AvgIpc) is 2.70. The smallest absolute Gasteiger partial charge is 0.252 e. The molecule has 2 rings (SSSR count). The summed E-state index contributed by atoms with van der Waals surface area (Å²) in [5.74, 6) is 0.751. The summed E-state index contributed by atoms with van der Waals surface area (Å²) < 4.78 is 27.6. The molecule has 0 saturated heterocycles. The molecule has 1 aromatic rings. The van der Waals surface area contributed by atoms with E-state index < -0.39 is 10.0 Å². The predicted octanol–water partition coefficient (Wildman–Crippen LogP) is 2.28. The van der Waals surface area contributed by atoms with Crippen LogP contribution in [0.5, 0.6) is 0 Å². The molecule has 19 heavy (non-hydrogen) atoms. The maximum atomic E-state index is 12.3. The lowest BCUT2D eigenvalue weighted by atomic mass is 9.85. The van der Waals surface area contributed by atoms with Gasteiger partial charge in [0.1, 0.15) is 0 Å². The largest absolute Gasteiger partial charge is 0.375 e. The number of nitrogens with zero attached hydrogens (tertiary/aromatic N) is 1. The van der Waals surface area contributed by atoms with Crippen molar-refractivity contribution >= 4 is 26.5 Å². The van der Waals surface area contributed by atoms with Crippen LogP contribution in [-0.2, 0) is 10.0 Å². The second-order valence-electron chi connectivity index (χ2n) is 5.17. The molecular formula is C12H21N3O2S2. The van der Waals surface area contributed by atoms with Crippen LogP contribution in [0.2, 0.25) is 0 Å². The number of thiazole rings is 1. The Labute approximate surface area is 118 Å². The molecule has 7 heteroatoms. The van der Waals surface area contributed by atoms with E-state index in [0.717, 1.165) is 42.9 Å². The number of rotatable bonds is 4. The highest BCUT2D eigenvalue weighted by atomic mass is 32.2. The number of aromatic nitrogens is 1. The molecule has 1 aliphatic carbocycles. The van der Waals surface area contributed by atoms with Gasteiger partial charge in [-0.05, 0) is 38.5 Å². The third kappa shape index (κ3) is 3.46. The molecule has 5 nitrogen and oxygen atoms in total. The van der Waals surface area contributed by atoms with E-state index in [1.54, 1.807) is 6.92 Å². The lowest BCUT2D eigenvalue weighted by Crippen LogP contribution is -2.37. The number of sulfonamides is 1. The third-order valence-corrected chi connectivity index (χ3v) is 6.88. The molecule has 0 unspecified atom stereocenters. The van der Waals surface area contributed by atoms with Gasteiger partial charge in [-0.25, -0.2) is 18.1 Å². The Hall–Kier alpha value is -0.660. The first-order chi connectivity index (χ1) is 8.92. The summed E-state index contributed by atoms with van der Waals surface area (Å²) >= 11 is 1.03. The molecule has 0 amide bonds. The lowest BCUT2D eigenvalue weighted by Gasteiger charge is -2.28. The number of nitrogens with one attached hydrogen (secondary N) is 1. The second kappa shape index (κ2) is 5.76. The van der Waals surface area contributed by atoms with Crippen molar-refractivity contribution in [2.45, 2.75) is 56.2 Å². The molecule has 0 aromatic carbocycles. The Balaban J connectivity index is 2.04. The van der Waals surface area contributed by atoms with E-state index in [1.165, 1.54) is 6.42 Å². The molecule has 1 aliphatic rings. The van der Waals surface area contributed by atoms with E-state index >= 15 is 0 Å². The van der Waals surface area contributed by atoms with Gasteiger partial charge in [0.2, 0.25) is 0 Å². The van der Waals surface area contributed by atoms with E-state index in [1.807, 2.05) is 0 Å². The Morgan fingerprint density at radius 2 is 2.00 bits per heavy atom. The third-order valence-electron chi connectivity index (χ3n) is 3.76. The van der Waals surface area contributed by atoms with Gasteiger partial charge in [0.25, 0.3) is 10.0 Å². The minimum Gasteiger partial charge on any atom is -0.375 e. The molecule has 0 spiro atoms. The van der Waals surface area contributed by atoms with Crippen molar-refractivity contribution in [3.8, 4) is 0 Å². The summed E-state index contributed by atoms with van der Waals surface area (Å²) in [6, 6.07) is 0.0514. The van der Waals surface area contributed by atoms with E-state index in [-0.39, 0.29) is 10.3 Å². The SMILES string of the molecule is CCC1CCC(NS(=O)(=O)c2sc(N)nc2C)CC1. The van der Waals surface area contributed by atoms with E-state index in [4.69, 9.17) is 5.73 Å². The first kappa shape index (κ1) is 14.7.